The van der Waals surface area contributed by atoms with E-state index in [4.69, 9.17) is 4.74 Å². The number of nitrogens with one attached hydrogen (secondary N) is 1. The van der Waals surface area contributed by atoms with Crippen LogP contribution in [0.15, 0.2) is 54.6 Å². The minimum atomic E-state index is 0.0431. The molecule has 0 unspecified atom stereocenters. The quantitative estimate of drug-likeness (QED) is 0.853. The molecule has 2 aromatic rings. The Morgan fingerprint density at radius 3 is 2.58 bits per heavy atom. The summed E-state index contributed by atoms with van der Waals surface area (Å²) >= 11 is 0. The molecule has 126 valence electrons. The van der Waals surface area contributed by atoms with E-state index in [9.17, 15) is 4.79 Å². The van der Waals surface area contributed by atoms with Gasteiger partial charge in [0.25, 0.3) is 5.91 Å². The molecule has 0 aromatic heterocycles. The summed E-state index contributed by atoms with van der Waals surface area (Å²) in [6.07, 6.45) is 3.17. The monoisotopic (exact) mass is 325 g/mol. The Morgan fingerprint density at radius 1 is 1.00 bits per heavy atom. The number of hydrogen-bond donors (Lipinski definition) is 2. The van der Waals surface area contributed by atoms with E-state index in [1.807, 2.05) is 30.3 Å². The number of hydrogen-bond acceptors (Lipinski definition) is 2. The molecule has 0 spiro atoms. The molecule has 1 fully saturated rings. The first kappa shape index (κ1) is 16.5. The lowest BCUT2D eigenvalue weighted by molar-refractivity contribution is -0.692. The van der Waals surface area contributed by atoms with Crippen LogP contribution in [0.25, 0.3) is 0 Å². The van der Waals surface area contributed by atoms with E-state index in [2.05, 4.69) is 34.9 Å². The molecule has 2 aromatic carbocycles. The van der Waals surface area contributed by atoms with Gasteiger partial charge in [-0.05, 0) is 42.7 Å². The van der Waals surface area contributed by atoms with Gasteiger partial charge in [0, 0.05) is 18.5 Å². The number of carbonyl (C=O) groups excluding carboxylic acids is 1. The number of nitrogens with two attached hydrogens (primary N) is 1. The predicted molar refractivity (Wildman–Crippen MR) is 93.5 cm³/mol. The fourth-order valence-electron chi connectivity index (χ4n) is 2.93. The molecule has 1 heterocycles. The topological polar surface area (TPSA) is 54.9 Å². The fourth-order valence-corrected chi connectivity index (χ4v) is 2.93. The molecule has 0 saturated carbocycles. The van der Waals surface area contributed by atoms with Gasteiger partial charge >= 0.3 is 0 Å². The van der Waals surface area contributed by atoms with Gasteiger partial charge in [0.15, 0.2) is 6.04 Å². The van der Waals surface area contributed by atoms with Gasteiger partial charge in [-0.15, -0.1) is 0 Å². The van der Waals surface area contributed by atoms with Crippen molar-refractivity contribution in [3.63, 3.8) is 0 Å². The van der Waals surface area contributed by atoms with Crippen LogP contribution in [0, 0.1) is 0 Å². The molecular weight excluding hydrogens is 300 g/mol. The van der Waals surface area contributed by atoms with Crippen LogP contribution < -0.4 is 15.4 Å². The van der Waals surface area contributed by atoms with Crippen LogP contribution >= 0.6 is 0 Å². The number of amides is 1. The van der Waals surface area contributed by atoms with Gasteiger partial charge in [0.2, 0.25) is 0 Å². The average Bonchev–Trinajstić information content (AvgIpc) is 2.84. The first-order valence-corrected chi connectivity index (χ1v) is 8.68. The van der Waals surface area contributed by atoms with Crippen LogP contribution in [0.2, 0.25) is 0 Å². The molecule has 0 bridgehead atoms. The fraction of sp³-hybridized carbons (Fsp3) is 0.350. The van der Waals surface area contributed by atoms with E-state index < -0.39 is 0 Å². The highest BCUT2D eigenvalue weighted by Gasteiger charge is 2.23. The van der Waals surface area contributed by atoms with Crippen LogP contribution in [0.4, 0.5) is 0 Å². The molecular formula is C20H25N2O2+. The summed E-state index contributed by atoms with van der Waals surface area (Å²) < 4.78 is 5.80. The first-order valence-electron chi connectivity index (χ1n) is 8.68. The molecule has 1 saturated heterocycles. The summed E-state index contributed by atoms with van der Waals surface area (Å²) in [7, 11) is 0. The summed E-state index contributed by atoms with van der Waals surface area (Å²) in [6, 6.07) is 18.3. The number of ether oxygens (including phenoxy) is 1. The lowest BCUT2D eigenvalue weighted by atomic mass is 10.1. The second-order valence-electron chi connectivity index (χ2n) is 6.25. The van der Waals surface area contributed by atoms with Crippen molar-refractivity contribution in [2.24, 2.45) is 0 Å². The third-order valence-corrected chi connectivity index (χ3v) is 4.39. The van der Waals surface area contributed by atoms with Crippen LogP contribution in [-0.4, -0.2) is 18.5 Å². The van der Waals surface area contributed by atoms with Crippen LogP contribution in [-0.2, 0) is 17.9 Å². The number of quaternary nitrogens is 1. The van der Waals surface area contributed by atoms with E-state index in [1.165, 1.54) is 5.56 Å². The minimum Gasteiger partial charge on any atom is -0.489 e. The van der Waals surface area contributed by atoms with E-state index in [0.29, 0.717) is 6.61 Å². The lowest BCUT2D eigenvalue weighted by Gasteiger charge is -2.12. The summed E-state index contributed by atoms with van der Waals surface area (Å²) in [5.74, 6) is 1.05. The second kappa shape index (κ2) is 8.50. The summed E-state index contributed by atoms with van der Waals surface area (Å²) in [5.41, 5.74) is 2.37. The Kier molecular flexibility index (Phi) is 5.85. The molecule has 4 heteroatoms. The zero-order valence-electron chi connectivity index (χ0n) is 13.9. The van der Waals surface area contributed by atoms with E-state index in [0.717, 1.165) is 43.7 Å². The molecule has 1 aliphatic heterocycles. The smallest absolute Gasteiger partial charge is 0.278 e. The third kappa shape index (κ3) is 4.83. The Hall–Kier alpha value is -2.33. The van der Waals surface area contributed by atoms with Gasteiger partial charge in [0.05, 0.1) is 0 Å². The van der Waals surface area contributed by atoms with Crippen molar-refractivity contribution >= 4 is 5.91 Å². The molecule has 3 N–H and O–H groups in total. The van der Waals surface area contributed by atoms with Crippen molar-refractivity contribution < 1.29 is 14.8 Å². The second-order valence-corrected chi connectivity index (χ2v) is 6.25. The molecule has 1 atom stereocenters. The molecule has 1 aliphatic rings. The van der Waals surface area contributed by atoms with Crippen molar-refractivity contribution in [3.8, 4) is 5.75 Å². The van der Waals surface area contributed by atoms with Gasteiger partial charge in [-0.1, -0.05) is 30.3 Å². The Morgan fingerprint density at radius 2 is 1.79 bits per heavy atom. The standard InChI is InChI=1S/C20H24N2O2/c23-20-19(8-4-5-13-21-20)22-14-16-9-11-18(12-10-16)24-15-17-6-2-1-3-7-17/h1-3,6-7,9-12,19,22H,4-5,8,13-15H2,(H,21,23)/p+1/t19-/m1/s1. The summed E-state index contributed by atoms with van der Waals surface area (Å²) in [5, 5.41) is 5.12. The molecule has 0 radical (unpaired) electrons. The van der Waals surface area contributed by atoms with Crippen molar-refractivity contribution in [3.05, 3.63) is 65.7 Å². The highest BCUT2D eigenvalue weighted by Crippen LogP contribution is 2.14. The van der Waals surface area contributed by atoms with Gasteiger partial charge in [-0.2, -0.15) is 0 Å². The van der Waals surface area contributed by atoms with Crippen LogP contribution in [0.1, 0.15) is 30.4 Å². The average molecular weight is 325 g/mol. The highest BCUT2D eigenvalue weighted by atomic mass is 16.5. The normalized spacial score (nSPS) is 17.8. The minimum absolute atomic E-state index is 0.0431. The van der Waals surface area contributed by atoms with Gasteiger partial charge in [0.1, 0.15) is 18.9 Å². The van der Waals surface area contributed by atoms with Gasteiger partial charge in [-0.25, -0.2) is 0 Å². The first-order chi connectivity index (χ1) is 11.8. The van der Waals surface area contributed by atoms with Crippen LogP contribution in [0.3, 0.4) is 0 Å². The Labute approximate surface area is 143 Å². The van der Waals surface area contributed by atoms with Crippen LogP contribution in [0.5, 0.6) is 5.75 Å². The maximum atomic E-state index is 11.9. The van der Waals surface area contributed by atoms with Crippen molar-refractivity contribution in [1.29, 1.82) is 0 Å². The van der Waals surface area contributed by atoms with E-state index in [-0.39, 0.29) is 11.9 Å². The van der Waals surface area contributed by atoms with E-state index >= 15 is 0 Å². The highest BCUT2D eigenvalue weighted by molar-refractivity contribution is 5.80. The number of carbonyl (C=O) groups is 1. The molecule has 24 heavy (non-hydrogen) atoms. The molecule has 0 aliphatic carbocycles. The largest absolute Gasteiger partial charge is 0.489 e. The number of rotatable bonds is 6. The lowest BCUT2D eigenvalue weighted by Crippen LogP contribution is -2.91. The molecule has 3 rings (SSSR count). The maximum absolute atomic E-state index is 11.9. The molecule has 1 amide bonds. The SMILES string of the molecule is O=C1NCCCC[C@H]1[NH2+]Cc1ccc(OCc2ccccc2)cc1. The van der Waals surface area contributed by atoms with Crippen molar-refractivity contribution in [2.75, 3.05) is 6.54 Å². The zero-order chi connectivity index (χ0) is 16.6. The van der Waals surface area contributed by atoms with Gasteiger partial charge < -0.3 is 15.4 Å². The number of benzene rings is 2. The van der Waals surface area contributed by atoms with Gasteiger partial charge in [-0.3, -0.25) is 4.79 Å². The Balaban J connectivity index is 1.48. The molecule has 4 nitrogen and oxygen atoms in total. The summed E-state index contributed by atoms with van der Waals surface area (Å²) in [4.78, 5) is 11.9. The van der Waals surface area contributed by atoms with Crippen molar-refractivity contribution in [2.45, 2.75) is 38.5 Å². The Bertz CT molecular complexity index is 640. The maximum Gasteiger partial charge on any atom is 0.278 e. The summed E-state index contributed by atoms with van der Waals surface area (Å²) in [6.45, 7) is 2.21. The van der Waals surface area contributed by atoms with E-state index in [1.54, 1.807) is 0 Å². The zero-order valence-corrected chi connectivity index (χ0v) is 13.9. The van der Waals surface area contributed by atoms with Crippen molar-refractivity contribution in [1.82, 2.24) is 5.32 Å². The third-order valence-electron chi connectivity index (χ3n) is 4.39. The predicted octanol–water partition coefficient (Wildman–Crippen LogP) is 2.00.